The van der Waals surface area contributed by atoms with Crippen LogP contribution in [-0.2, 0) is 6.42 Å². The second-order valence-electron chi connectivity index (χ2n) is 5.38. The van der Waals surface area contributed by atoms with Crippen LogP contribution in [-0.4, -0.2) is 33.2 Å². The van der Waals surface area contributed by atoms with Crippen molar-refractivity contribution in [2.45, 2.75) is 26.2 Å². The van der Waals surface area contributed by atoms with Gasteiger partial charge >= 0.3 is 0 Å². The van der Waals surface area contributed by atoms with Crippen molar-refractivity contribution in [1.29, 1.82) is 0 Å². The third kappa shape index (κ3) is 6.11. The van der Waals surface area contributed by atoms with Crippen molar-refractivity contribution >= 4 is 29.9 Å². The van der Waals surface area contributed by atoms with Crippen molar-refractivity contribution in [3.8, 4) is 5.75 Å². The zero-order chi connectivity index (χ0) is 14.4. The second-order valence-corrected chi connectivity index (χ2v) is 5.38. The quantitative estimate of drug-likeness (QED) is 0.436. The van der Waals surface area contributed by atoms with Crippen LogP contribution in [0.25, 0.3) is 0 Å². The van der Waals surface area contributed by atoms with Crippen LogP contribution in [0.2, 0.25) is 0 Å². The first kappa shape index (κ1) is 18.1. The number of benzene rings is 1. The van der Waals surface area contributed by atoms with Crippen LogP contribution < -0.4 is 15.4 Å². The normalized spacial score (nSPS) is 14.3. The third-order valence-electron chi connectivity index (χ3n) is 3.66. The van der Waals surface area contributed by atoms with Gasteiger partial charge in [-0.05, 0) is 49.3 Å². The van der Waals surface area contributed by atoms with Gasteiger partial charge in [0, 0.05) is 20.1 Å². The highest BCUT2D eigenvalue weighted by atomic mass is 127. The van der Waals surface area contributed by atoms with Crippen LogP contribution in [0.3, 0.4) is 0 Å². The highest BCUT2D eigenvalue weighted by molar-refractivity contribution is 14.0. The molecule has 0 unspecified atom stereocenters. The summed E-state index contributed by atoms with van der Waals surface area (Å²) in [6.07, 6.45) is 3.67. The minimum absolute atomic E-state index is 0. The molecule has 1 aromatic rings. The monoisotopic (exact) mass is 403 g/mol. The van der Waals surface area contributed by atoms with E-state index in [9.17, 15) is 0 Å². The minimum Gasteiger partial charge on any atom is -0.496 e. The van der Waals surface area contributed by atoms with E-state index >= 15 is 0 Å². The van der Waals surface area contributed by atoms with E-state index in [1.54, 1.807) is 7.11 Å². The predicted molar refractivity (Wildman–Crippen MR) is 98.9 cm³/mol. The fraction of sp³-hybridized carbons (Fsp3) is 0.562. The first-order valence-electron chi connectivity index (χ1n) is 7.31. The average Bonchev–Trinajstić information content (AvgIpc) is 3.28. The molecular formula is C16H26IN3O. The first-order valence-corrected chi connectivity index (χ1v) is 7.31. The van der Waals surface area contributed by atoms with Gasteiger partial charge in [-0.1, -0.05) is 12.1 Å². The van der Waals surface area contributed by atoms with Crippen LogP contribution in [0.15, 0.2) is 23.2 Å². The van der Waals surface area contributed by atoms with Crippen LogP contribution in [0.5, 0.6) is 5.75 Å². The maximum Gasteiger partial charge on any atom is 0.190 e. The first-order chi connectivity index (χ1) is 9.72. The number of ether oxygens (including phenoxy) is 1. The van der Waals surface area contributed by atoms with Gasteiger partial charge in [0.05, 0.1) is 7.11 Å². The second kappa shape index (κ2) is 9.12. The molecule has 1 fully saturated rings. The lowest BCUT2D eigenvalue weighted by Gasteiger charge is -2.12. The zero-order valence-corrected chi connectivity index (χ0v) is 15.4. The van der Waals surface area contributed by atoms with Crippen LogP contribution in [0.1, 0.15) is 24.0 Å². The Hall–Kier alpha value is -0.980. The number of aryl methyl sites for hydroxylation is 1. The molecule has 0 aliphatic heterocycles. The van der Waals surface area contributed by atoms with E-state index in [1.807, 2.05) is 7.05 Å². The smallest absolute Gasteiger partial charge is 0.190 e. The molecule has 118 valence electrons. The molecule has 1 aromatic carbocycles. The molecule has 0 atom stereocenters. The molecule has 1 aliphatic rings. The Morgan fingerprint density at radius 3 is 2.71 bits per heavy atom. The number of nitrogens with one attached hydrogen (secondary N) is 2. The van der Waals surface area contributed by atoms with E-state index in [4.69, 9.17) is 4.74 Å². The van der Waals surface area contributed by atoms with Crippen molar-refractivity contribution < 1.29 is 4.74 Å². The molecule has 0 amide bonds. The molecule has 1 saturated carbocycles. The SMILES string of the molecule is CN=C(NCCc1ccc(C)c(OC)c1)NCC1CC1.I. The van der Waals surface area contributed by atoms with Gasteiger partial charge in [-0.3, -0.25) is 4.99 Å². The van der Waals surface area contributed by atoms with Gasteiger partial charge in [-0.25, -0.2) is 0 Å². The summed E-state index contributed by atoms with van der Waals surface area (Å²) in [6.45, 7) is 3.97. The standard InChI is InChI=1S/C16H25N3O.HI/c1-12-4-5-13(10-15(12)20-3)8-9-18-16(17-2)19-11-14-6-7-14;/h4-5,10,14H,6-9,11H2,1-3H3,(H2,17,18,19);1H. The summed E-state index contributed by atoms with van der Waals surface area (Å²) in [5.41, 5.74) is 2.45. The average molecular weight is 403 g/mol. The van der Waals surface area contributed by atoms with Gasteiger partial charge in [-0.15, -0.1) is 24.0 Å². The Kier molecular flexibility index (Phi) is 7.85. The van der Waals surface area contributed by atoms with E-state index in [0.29, 0.717) is 0 Å². The lowest BCUT2D eigenvalue weighted by Crippen LogP contribution is -2.39. The number of nitrogens with zero attached hydrogens (tertiary/aromatic N) is 1. The van der Waals surface area contributed by atoms with Crippen LogP contribution in [0.4, 0.5) is 0 Å². The van der Waals surface area contributed by atoms with Crippen LogP contribution >= 0.6 is 24.0 Å². The Morgan fingerprint density at radius 2 is 2.10 bits per heavy atom. The van der Waals surface area contributed by atoms with E-state index < -0.39 is 0 Å². The largest absolute Gasteiger partial charge is 0.496 e. The lowest BCUT2D eigenvalue weighted by atomic mass is 10.1. The summed E-state index contributed by atoms with van der Waals surface area (Å²) in [6, 6.07) is 6.37. The molecule has 2 N–H and O–H groups in total. The minimum atomic E-state index is 0. The predicted octanol–water partition coefficient (Wildman–Crippen LogP) is 2.74. The molecule has 4 nitrogen and oxygen atoms in total. The summed E-state index contributed by atoms with van der Waals surface area (Å²) in [7, 11) is 3.53. The molecule has 0 bridgehead atoms. The molecule has 0 aromatic heterocycles. The summed E-state index contributed by atoms with van der Waals surface area (Å²) < 4.78 is 5.35. The van der Waals surface area contributed by atoms with Gasteiger partial charge in [-0.2, -0.15) is 0 Å². The summed E-state index contributed by atoms with van der Waals surface area (Å²) >= 11 is 0. The Morgan fingerprint density at radius 1 is 1.33 bits per heavy atom. The summed E-state index contributed by atoms with van der Waals surface area (Å²) in [4.78, 5) is 4.24. The molecule has 0 radical (unpaired) electrons. The van der Waals surface area contributed by atoms with Crippen molar-refractivity contribution in [3.05, 3.63) is 29.3 Å². The van der Waals surface area contributed by atoms with E-state index in [2.05, 4.69) is 40.7 Å². The molecule has 0 saturated heterocycles. The fourth-order valence-corrected chi connectivity index (χ4v) is 2.13. The van der Waals surface area contributed by atoms with E-state index in [0.717, 1.165) is 37.1 Å². The molecule has 2 rings (SSSR count). The lowest BCUT2D eigenvalue weighted by molar-refractivity contribution is 0.411. The number of methoxy groups -OCH3 is 1. The Balaban J connectivity index is 0.00000220. The molecule has 1 aliphatic carbocycles. The maximum atomic E-state index is 5.35. The number of rotatable bonds is 6. The van der Waals surface area contributed by atoms with E-state index in [1.165, 1.54) is 24.0 Å². The number of hydrogen-bond acceptors (Lipinski definition) is 2. The topological polar surface area (TPSA) is 45.7 Å². The van der Waals surface area contributed by atoms with Crippen molar-refractivity contribution in [2.24, 2.45) is 10.9 Å². The Bertz CT molecular complexity index is 473. The maximum absolute atomic E-state index is 5.35. The summed E-state index contributed by atoms with van der Waals surface area (Å²) in [5, 5.41) is 6.71. The molecule has 0 spiro atoms. The number of aliphatic imine (C=N–C) groups is 1. The van der Waals surface area contributed by atoms with Crippen molar-refractivity contribution in [2.75, 3.05) is 27.2 Å². The number of guanidine groups is 1. The zero-order valence-electron chi connectivity index (χ0n) is 13.1. The van der Waals surface area contributed by atoms with Crippen LogP contribution in [0, 0.1) is 12.8 Å². The van der Waals surface area contributed by atoms with Crippen molar-refractivity contribution in [3.63, 3.8) is 0 Å². The number of halogens is 1. The van der Waals surface area contributed by atoms with Gasteiger partial charge in [0.25, 0.3) is 0 Å². The van der Waals surface area contributed by atoms with Gasteiger partial charge in [0.15, 0.2) is 5.96 Å². The van der Waals surface area contributed by atoms with E-state index in [-0.39, 0.29) is 24.0 Å². The fourth-order valence-electron chi connectivity index (χ4n) is 2.13. The highest BCUT2D eigenvalue weighted by Gasteiger charge is 2.20. The Labute approximate surface area is 144 Å². The molecule has 21 heavy (non-hydrogen) atoms. The van der Waals surface area contributed by atoms with Gasteiger partial charge < -0.3 is 15.4 Å². The highest BCUT2D eigenvalue weighted by Crippen LogP contribution is 2.27. The van der Waals surface area contributed by atoms with Gasteiger partial charge in [0.1, 0.15) is 5.75 Å². The number of hydrogen-bond donors (Lipinski definition) is 2. The van der Waals surface area contributed by atoms with Gasteiger partial charge in [0.2, 0.25) is 0 Å². The third-order valence-corrected chi connectivity index (χ3v) is 3.66. The molecule has 0 heterocycles. The summed E-state index contributed by atoms with van der Waals surface area (Å²) in [5.74, 6) is 2.71. The molecule has 5 heteroatoms. The van der Waals surface area contributed by atoms with Crippen molar-refractivity contribution in [1.82, 2.24) is 10.6 Å². The molecular weight excluding hydrogens is 377 g/mol.